The molecule has 0 bridgehead atoms. The van der Waals surface area contributed by atoms with Gasteiger partial charge in [0.1, 0.15) is 12.1 Å². The molecule has 1 saturated carbocycles. The third-order valence-corrected chi connectivity index (χ3v) is 10.4. The lowest BCUT2D eigenvalue weighted by Gasteiger charge is -2.34. The molecule has 2 fully saturated rings. The fourth-order valence-electron chi connectivity index (χ4n) is 7.36. The first-order valence-electron chi connectivity index (χ1n) is 18.4. The average Bonchev–Trinajstić information content (AvgIpc) is 3.07. The van der Waals surface area contributed by atoms with Gasteiger partial charge in [0.05, 0.1) is 18.1 Å². The number of nitrogens with one attached hydrogen (secondary N) is 2. The molecular weight excluding hydrogens is 604 g/mol. The Balaban J connectivity index is 1.72. The Kier molecular flexibility index (Phi) is 16.9. The molecule has 4 N–H and O–H groups in total. The minimum absolute atomic E-state index is 0.00649. The van der Waals surface area contributed by atoms with E-state index in [2.05, 4.69) is 28.5 Å². The van der Waals surface area contributed by atoms with Gasteiger partial charge in [0.15, 0.2) is 0 Å². The standard InChI is InChI=1S/C39H62N4O5/c1-6-15-33(39(48)41-34(26-30-18-11-8-12-19-30)37(46)35(44)24-28(2)3)40-38(47)31(25-29-16-9-7-10-17-29)27-36(45)43(5)23-21-32-20-13-14-22-42(32)4/h1,7,9-10,16-17,28,30-35,37,44,46H,8,11-15,18-27H2,2-5H3,(H,40,47)(H,41,48)/t31-,32?,33+,34+,35+,37-/m1/s1. The molecule has 1 heterocycles. The van der Waals surface area contributed by atoms with Crippen LogP contribution in [0.4, 0.5) is 0 Å². The van der Waals surface area contributed by atoms with E-state index in [4.69, 9.17) is 6.42 Å². The highest BCUT2D eigenvalue weighted by atomic mass is 16.3. The van der Waals surface area contributed by atoms with Gasteiger partial charge < -0.3 is 30.6 Å². The number of nitrogens with zero attached hydrogens (tertiary/aromatic N) is 2. The van der Waals surface area contributed by atoms with Crippen LogP contribution in [-0.4, -0.2) is 95.3 Å². The number of rotatable bonds is 18. The molecule has 1 aliphatic carbocycles. The minimum atomic E-state index is -1.15. The van der Waals surface area contributed by atoms with Crippen molar-refractivity contribution < 1.29 is 24.6 Å². The van der Waals surface area contributed by atoms with Gasteiger partial charge in [0.25, 0.3) is 0 Å². The number of amides is 3. The van der Waals surface area contributed by atoms with Crippen LogP contribution in [0.25, 0.3) is 0 Å². The van der Waals surface area contributed by atoms with E-state index < -0.39 is 42.0 Å². The summed E-state index contributed by atoms with van der Waals surface area (Å²) < 4.78 is 0. The Morgan fingerprint density at radius 1 is 1.00 bits per heavy atom. The van der Waals surface area contributed by atoms with Crippen LogP contribution < -0.4 is 10.6 Å². The van der Waals surface area contributed by atoms with Gasteiger partial charge in [-0.2, -0.15) is 0 Å². The number of benzene rings is 1. The van der Waals surface area contributed by atoms with E-state index in [0.717, 1.165) is 50.6 Å². The van der Waals surface area contributed by atoms with Crippen LogP contribution in [-0.2, 0) is 20.8 Å². The summed E-state index contributed by atoms with van der Waals surface area (Å²) in [6.45, 7) is 5.65. The van der Waals surface area contributed by atoms with E-state index in [9.17, 15) is 24.6 Å². The van der Waals surface area contributed by atoms with Gasteiger partial charge >= 0.3 is 0 Å². The number of likely N-dealkylation sites (tertiary alicyclic amines) is 1. The Morgan fingerprint density at radius 2 is 1.69 bits per heavy atom. The van der Waals surface area contributed by atoms with Crippen molar-refractivity contribution in [2.75, 3.05) is 27.2 Å². The summed E-state index contributed by atoms with van der Waals surface area (Å²) in [6, 6.07) is 8.30. The highest BCUT2D eigenvalue weighted by Gasteiger charge is 2.34. The molecule has 1 unspecified atom stereocenters. The van der Waals surface area contributed by atoms with E-state index in [1.54, 1.807) is 11.9 Å². The van der Waals surface area contributed by atoms with Crippen molar-refractivity contribution in [2.24, 2.45) is 17.8 Å². The van der Waals surface area contributed by atoms with Crippen molar-refractivity contribution in [3.63, 3.8) is 0 Å². The maximum absolute atomic E-state index is 13.9. The lowest BCUT2D eigenvalue weighted by molar-refractivity contribution is -0.137. The molecule has 1 saturated heterocycles. The molecule has 6 atom stereocenters. The molecule has 0 radical (unpaired) electrons. The fraction of sp³-hybridized carbons (Fsp3) is 0.718. The van der Waals surface area contributed by atoms with Gasteiger partial charge in [-0.25, -0.2) is 0 Å². The van der Waals surface area contributed by atoms with Crippen LogP contribution in [0.2, 0.25) is 0 Å². The van der Waals surface area contributed by atoms with Gasteiger partial charge in [-0.3, -0.25) is 14.4 Å². The van der Waals surface area contributed by atoms with E-state index in [0.29, 0.717) is 37.8 Å². The first kappa shape index (κ1) is 39.5. The Bertz CT molecular complexity index is 1160. The van der Waals surface area contributed by atoms with Crippen molar-refractivity contribution in [1.29, 1.82) is 0 Å². The Morgan fingerprint density at radius 3 is 2.33 bits per heavy atom. The maximum Gasteiger partial charge on any atom is 0.243 e. The SMILES string of the molecule is C#CC[C@H](NC(=O)[C@@H](CC(=O)N(C)CCC1CCCCN1C)Cc1ccccc1)C(=O)N[C@@H](CC1CCCCC1)[C@@H](O)[C@@H](O)CC(C)C. The van der Waals surface area contributed by atoms with Crippen LogP contribution in [0.5, 0.6) is 0 Å². The number of aliphatic hydroxyl groups excluding tert-OH is 2. The second-order valence-corrected chi connectivity index (χ2v) is 14.8. The van der Waals surface area contributed by atoms with Crippen molar-refractivity contribution in [1.82, 2.24) is 20.4 Å². The molecule has 3 amide bonds. The van der Waals surface area contributed by atoms with E-state index in [-0.39, 0.29) is 24.7 Å². The molecule has 0 spiro atoms. The van der Waals surface area contributed by atoms with Crippen LogP contribution >= 0.6 is 0 Å². The molecule has 48 heavy (non-hydrogen) atoms. The number of terminal acetylenes is 1. The highest BCUT2D eigenvalue weighted by molar-refractivity contribution is 5.91. The van der Waals surface area contributed by atoms with E-state index in [1.807, 2.05) is 44.2 Å². The second kappa shape index (κ2) is 20.6. The molecule has 2 aliphatic rings. The molecule has 1 aromatic rings. The smallest absolute Gasteiger partial charge is 0.243 e. The molecule has 1 aromatic carbocycles. The van der Waals surface area contributed by atoms with E-state index >= 15 is 0 Å². The summed E-state index contributed by atoms with van der Waals surface area (Å²) in [5.74, 6) is 1.31. The summed E-state index contributed by atoms with van der Waals surface area (Å²) in [4.78, 5) is 45.2. The summed E-state index contributed by atoms with van der Waals surface area (Å²) in [5.41, 5.74) is 0.921. The molecule has 9 nitrogen and oxygen atoms in total. The van der Waals surface area contributed by atoms with Crippen molar-refractivity contribution in [3.8, 4) is 12.3 Å². The van der Waals surface area contributed by atoms with Crippen molar-refractivity contribution in [3.05, 3.63) is 35.9 Å². The third kappa shape index (κ3) is 13.2. The molecule has 268 valence electrons. The molecule has 1 aliphatic heterocycles. The number of piperidine rings is 1. The summed E-state index contributed by atoms with van der Waals surface area (Å²) in [5, 5.41) is 27.9. The van der Waals surface area contributed by atoms with Crippen LogP contribution in [0, 0.1) is 30.1 Å². The lowest BCUT2D eigenvalue weighted by atomic mass is 9.82. The van der Waals surface area contributed by atoms with Crippen LogP contribution in [0.1, 0.15) is 103 Å². The van der Waals surface area contributed by atoms with Crippen molar-refractivity contribution in [2.45, 2.75) is 134 Å². The lowest BCUT2D eigenvalue weighted by Crippen LogP contribution is -2.56. The first-order valence-corrected chi connectivity index (χ1v) is 18.4. The maximum atomic E-state index is 13.9. The zero-order chi connectivity index (χ0) is 35.1. The summed E-state index contributed by atoms with van der Waals surface area (Å²) in [6.07, 6.45) is 14.7. The quantitative estimate of drug-likeness (QED) is 0.174. The van der Waals surface area contributed by atoms with Gasteiger partial charge in [0, 0.05) is 32.5 Å². The topological polar surface area (TPSA) is 122 Å². The Labute approximate surface area is 289 Å². The Hall–Kier alpha value is -2.93. The number of carbonyl (C=O) groups excluding carboxylic acids is 3. The predicted octanol–water partition coefficient (Wildman–Crippen LogP) is 4.30. The molecule has 9 heteroatoms. The molecular formula is C39H62N4O5. The largest absolute Gasteiger partial charge is 0.390 e. The van der Waals surface area contributed by atoms with Gasteiger partial charge in [0.2, 0.25) is 17.7 Å². The number of hydrogen-bond donors (Lipinski definition) is 4. The fourth-order valence-corrected chi connectivity index (χ4v) is 7.36. The van der Waals surface area contributed by atoms with Crippen LogP contribution in [0.3, 0.4) is 0 Å². The minimum Gasteiger partial charge on any atom is -0.390 e. The highest BCUT2D eigenvalue weighted by Crippen LogP contribution is 2.29. The van der Waals surface area contributed by atoms with Crippen LogP contribution in [0.15, 0.2) is 30.3 Å². The third-order valence-electron chi connectivity index (χ3n) is 10.4. The number of aliphatic hydroxyl groups is 2. The number of carbonyl (C=O) groups is 3. The number of hydrogen-bond acceptors (Lipinski definition) is 6. The van der Waals surface area contributed by atoms with Gasteiger partial charge in [-0.1, -0.05) is 82.7 Å². The normalized spacial score (nSPS) is 20.6. The first-order chi connectivity index (χ1) is 23.0. The monoisotopic (exact) mass is 666 g/mol. The summed E-state index contributed by atoms with van der Waals surface area (Å²) in [7, 11) is 3.93. The molecule has 0 aromatic heterocycles. The van der Waals surface area contributed by atoms with Gasteiger partial charge in [-0.15, -0.1) is 12.3 Å². The predicted molar refractivity (Wildman–Crippen MR) is 191 cm³/mol. The summed E-state index contributed by atoms with van der Waals surface area (Å²) >= 11 is 0. The van der Waals surface area contributed by atoms with E-state index in [1.165, 1.54) is 19.3 Å². The van der Waals surface area contributed by atoms with Gasteiger partial charge in [-0.05, 0) is 69.5 Å². The second-order valence-electron chi connectivity index (χ2n) is 14.8. The van der Waals surface area contributed by atoms with Crippen molar-refractivity contribution >= 4 is 17.7 Å². The molecule has 3 rings (SSSR count). The average molecular weight is 667 g/mol. The zero-order valence-corrected chi connectivity index (χ0v) is 29.9. The zero-order valence-electron chi connectivity index (χ0n) is 29.9.